The van der Waals surface area contributed by atoms with Crippen molar-refractivity contribution in [3.63, 3.8) is 0 Å². The van der Waals surface area contributed by atoms with E-state index in [0.717, 1.165) is 11.1 Å². The minimum atomic E-state index is -0.510. The number of ether oxygens (including phenoxy) is 1. The van der Waals surface area contributed by atoms with Crippen LogP contribution in [-0.4, -0.2) is 17.4 Å². The van der Waals surface area contributed by atoms with Gasteiger partial charge in [-0.2, -0.15) is 0 Å². The number of phenolic OH excluding ortho intramolecular Hbond substituents is 1. The number of esters is 1. The highest BCUT2D eigenvalue weighted by atomic mass is 16.5. The molecular formula is C23H20O4. The number of aldehydes is 1. The third kappa shape index (κ3) is 4.06. The number of hydrogen-bond acceptors (Lipinski definition) is 4. The summed E-state index contributed by atoms with van der Waals surface area (Å²) < 4.78 is 5.40. The summed E-state index contributed by atoms with van der Waals surface area (Å²) in [6, 6.07) is 20.8. The van der Waals surface area contributed by atoms with Gasteiger partial charge in [-0.25, -0.2) is 4.79 Å². The van der Waals surface area contributed by atoms with Crippen LogP contribution < -0.4 is 4.74 Å². The van der Waals surface area contributed by atoms with Gasteiger partial charge in [0.05, 0.1) is 5.56 Å². The molecule has 0 amide bonds. The molecule has 3 aromatic carbocycles. The van der Waals surface area contributed by atoms with Crippen LogP contribution in [0.5, 0.6) is 11.5 Å². The van der Waals surface area contributed by atoms with Gasteiger partial charge in [-0.3, -0.25) is 4.79 Å². The van der Waals surface area contributed by atoms with Crippen LogP contribution in [0, 0.1) is 0 Å². The van der Waals surface area contributed by atoms with Gasteiger partial charge in [-0.05, 0) is 47.5 Å². The minimum Gasteiger partial charge on any atom is -0.508 e. The van der Waals surface area contributed by atoms with Crippen molar-refractivity contribution in [2.75, 3.05) is 0 Å². The van der Waals surface area contributed by atoms with Crippen LogP contribution in [0.2, 0.25) is 0 Å². The van der Waals surface area contributed by atoms with Crippen LogP contribution >= 0.6 is 0 Å². The molecule has 0 aromatic heterocycles. The van der Waals surface area contributed by atoms with E-state index in [1.807, 2.05) is 24.3 Å². The first-order valence-corrected chi connectivity index (χ1v) is 8.57. The van der Waals surface area contributed by atoms with E-state index in [1.54, 1.807) is 42.5 Å². The van der Waals surface area contributed by atoms with Crippen LogP contribution in [0.4, 0.5) is 0 Å². The predicted octanol–water partition coefficient (Wildman–Crippen LogP) is 4.75. The maximum absolute atomic E-state index is 12.3. The Labute approximate surface area is 158 Å². The molecule has 0 aliphatic carbocycles. The van der Waals surface area contributed by atoms with E-state index >= 15 is 0 Å². The smallest absolute Gasteiger partial charge is 0.343 e. The lowest BCUT2D eigenvalue weighted by Gasteiger charge is -2.26. The molecule has 0 fully saturated rings. The second-order valence-electron chi connectivity index (χ2n) is 6.83. The molecule has 27 heavy (non-hydrogen) atoms. The molecule has 0 bridgehead atoms. The Morgan fingerprint density at radius 3 is 2.11 bits per heavy atom. The fraction of sp³-hybridized carbons (Fsp3) is 0.130. The topological polar surface area (TPSA) is 63.6 Å². The van der Waals surface area contributed by atoms with Crippen molar-refractivity contribution in [2.45, 2.75) is 19.3 Å². The normalized spacial score (nSPS) is 11.0. The molecule has 3 rings (SSSR count). The first-order valence-electron chi connectivity index (χ1n) is 8.57. The molecule has 0 aliphatic rings. The second kappa shape index (κ2) is 7.46. The second-order valence-corrected chi connectivity index (χ2v) is 6.83. The van der Waals surface area contributed by atoms with Gasteiger partial charge in [0.2, 0.25) is 0 Å². The summed E-state index contributed by atoms with van der Waals surface area (Å²) in [5.41, 5.74) is 2.60. The SMILES string of the molecule is CC(C)(c1ccc(O)cc1)c1ccc(OC(=O)c2cccc(C=O)c2)cc1. The number of benzene rings is 3. The van der Waals surface area contributed by atoms with E-state index in [0.29, 0.717) is 23.2 Å². The van der Waals surface area contributed by atoms with Gasteiger partial charge in [-0.15, -0.1) is 0 Å². The lowest BCUT2D eigenvalue weighted by atomic mass is 9.78. The molecule has 0 heterocycles. The Bertz CT molecular complexity index is 954. The summed E-state index contributed by atoms with van der Waals surface area (Å²) in [4.78, 5) is 23.1. The molecule has 0 radical (unpaired) electrons. The van der Waals surface area contributed by atoms with Crippen molar-refractivity contribution in [1.82, 2.24) is 0 Å². The fourth-order valence-electron chi connectivity index (χ4n) is 2.89. The van der Waals surface area contributed by atoms with E-state index in [4.69, 9.17) is 4.74 Å². The Hall–Kier alpha value is -3.40. The molecule has 0 saturated heterocycles. The number of hydrogen-bond donors (Lipinski definition) is 1. The largest absolute Gasteiger partial charge is 0.508 e. The van der Waals surface area contributed by atoms with E-state index < -0.39 is 5.97 Å². The first-order chi connectivity index (χ1) is 12.9. The zero-order chi connectivity index (χ0) is 19.4. The van der Waals surface area contributed by atoms with Gasteiger partial charge in [0.15, 0.2) is 0 Å². The van der Waals surface area contributed by atoms with Crippen molar-refractivity contribution in [1.29, 1.82) is 0 Å². The maximum atomic E-state index is 12.3. The molecule has 1 N–H and O–H groups in total. The highest BCUT2D eigenvalue weighted by molar-refractivity contribution is 5.93. The molecule has 136 valence electrons. The van der Waals surface area contributed by atoms with Gasteiger partial charge in [0.25, 0.3) is 0 Å². The summed E-state index contributed by atoms with van der Waals surface area (Å²) in [5, 5.41) is 9.47. The number of phenols is 1. The van der Waals surface area contributed by atoms with E-state index in [-0.39, 0.29) is 11.2 Å². The van der Waals surface area contributed by atoms with E-state index in [9.17, 15) is 14.7 Å². The number of carbonyl (C=O) groups is 2. The standard InChI is InChI=1S/C23H20O4/c1-23(2,18-6-10-20(25)11-7-18)19-8-12-21(13-9-19)27-22(26)17-5-3-4-16(14-17)15-24/h3-15,25H,1-2H3. The molecule has 0 aliphatic heterocycles. The molecule has 0 atom stereocenters. The van der Waals surface area contributed by atoms with E-state index in [2.05, 4.69) is 13.8 Å². The summed E-state index contributed by atoms with van der Waals surface area (Å²) in [6.45, 7) is 4.18. The van der Waals surface area contributed by atoms with Gasteiger partial charge in [-0.1, -0.05) is 50.2 Å². The Morgan fingerprint density at radius 1 is 0.926 bits per heavy atom. The van der Waals surface area contributed by atoms with Crippen molar-refractivity contribution < 1.29 is 19.4 Å². The Balaban J connectivity index is 1.77. The fourth-order valence-corrected chi connectivity index (χ4v) is 2.89. The van der Waals surface area contributed by atoms with Crippen LogP contribution in [0.15, 0.2) is 72.8 Å². The molecule has 4 nitrogen and oxygen atoms in total. The maximum Gasteiger partial charge on any atom is 0.343 e. The quantitative estimate of drug-likeness (QED) is 0.405. The number of carbonyl (C=O) groups excluding carboxylic acids is 2. The van der Waals surface area contributed by atoms with E-state index in [1.165, 1.54) is 6.07 Å². The molecule has 3 aromatic rings. The monoisotopic (exact) mass is 360 g/mol. The van der Waals surface area contributed by atoms with Crippen molar-refractivity contribution in [3.05, 3.63) is 95.1 Å². The molecule has 0 spiro atoms. The average Bonchev–Trinajstić information content (AvgIpc) is 2.69. The van der Waals surface area contributed by atoms with Crippen molar-refractivity contribution >= 4 is 12.3 Å². The van der Waals surface area contributed by atoms with Crippen molar-refractivity contribution in [3.8, 4) is 11.5 Å². The predicted molar refractivity (Wildman–Crippen MR) is 103 cm³/mol. The lowest BCUT2D eigenvalue weighted by Crippen LogP contribution is -2.18. The highest BCUT2D eigenvalue weighted by Crippen LogP contribution is 2.33. The van der Waals surface area contributed by atoms with Crippen LogP contribution in [0.25, 0.3) is 0 Å². The molecular weight excluding hydrogens is 340 g/mol. The summed E-state index contributed by atoms with van der Waals surface area (Å²) >= 11 is 0. The Morgan fingerprint density at radius 2 is 1.52 bits per heavy atom. The highest BCUT2D eigenvalue weighted by Gasteiger charge is 2.23. The van der Waals surface area contributed by atoms with Gasteiger partial charge < -0.3 is 9.84 Å². The van der Waals surface area contributed by atoms with Crippen molar-refractivity contribution in [2.24, 2.45) is 0 Å². The molecule has 4 heteroatoms. The number of rotatable bonds is 5. The lowest BCUT2D eigenvalue weighted by molar-refractivity contribution is 0.0734. The zero-order valence-corrected chi connectivity index (χ0v) is 15.2. The molecule has 0 unspecified atom stereocenters. The third-order valence-corrected chi connectivity index (χ3v) is 4.63. The zero-order valence-electron chi connectivity index (χ0n) is 15.2. The van der Waals surface area contributed by atoms with Gasteiger partial charge in [0, 0.05) is 11.0 Å². The Kier molecular flexibility index (Phi) is 5.08. The summed E-state index contributed by atoms with van der Waals surface area (Å²) in [6.07, 6.45) is 0.691. The minimum absolute atomic E-state index is 0.232. The summed E-state index contributed by atoms with van der Waals surface area (Å²) in [7, 11) is 0. The van der Waals surface area contributed by atoms with Gasteiger partial charge in [0.1, 0.15) is 17.8 Å². The summed E-state index contributed by atoms with van der Waals surface area (Å²) in [5.74, 6) is 0.154. The van der Waals surface area contributed by atoms with Crippen LogP contribution in [-0.2, 0) is 5.41 Å². The van der Waals surface area contributed by atoms with Crippen LogP contribution in [0.3, 0.4) is 0 Å². The molecule has 0 saturated carbocycles. The number of aromatic hydroxyl groups is 1. The first kappa shape index (κ1) is 18.4. The van der Waals surface area contributed by atoms with Gasteiger partial charge >= 0.3 is 5.97 Å². The van der Waals surface area contributed by atoms with Crippen LogP contribution in [0.1, 0.15) is 45.7 Å². The average molecular weight is 360 g/mol. The third-order valence-electron chi connectivity index (χ3n) is 4.63.